The van der Waals surface area contributed by atoms with Crippen LogP contribution in [0.15, 0.2) is 36.9 Å². The highest BCUT2D eigenvalue weighted by atomic mass is 16.3. The molecule has 4 rings (SSSR count). The van der Waals surface area contributed by atoms with Crippen LogP contribution in [-0.4, -0.2) is 69.0 Å². The summed E-state index contributed by atoms with van der Waals surface area (Å²) in [7, 11) is 3.91. The Morgan fingerprint density at radius 2 is 2.11 bits per heavy atom. The summed E-state index contributed by atoms with van der Waals surface area (Å²) >= 11 is 0. The summed E-state index contributed by atoms with van der Waals surface area (Å²) in [5.41, 5.74) is 1.89. The fourth-order valence-electron chi connectivity index (χ4n) is 3.51. The first-order chi connectivity index (χ1) is 13.1. The highest BCUT2D eigenvalue weighted by Gasteiger charge is 2.31. The Bertz CT molecular complexity index is 911. The first-order valence-electron chi connectivity index (χ1n) is 9.04. The lowest BCUT2D eigenvalue weighted by Crippen LogP contribution is -2.38. The van der Waals surface area contributed by atoms with Gasteiger partial charge in [0.25, 0.3) is 0 Å². The molecular weight excluding hydrogens is 344 g/mol. The Hall–Kier alpha value is -2.78. The fraction of sp³-hybridized carbons (Fsp3) is 0.444. The molecular formula is C18H24N8O. The minimum absolute atomic E-state index is 0.167. The van der Waals surface area contributed by atoms with E-state index in [1.54, 1.807) is 12.7 Å². The largest absolute Gasteiger partial charge is 0.391 e. The molecule has 1 aliphatic heterocycles. The van der Waals surface area contributed by atoms with Crippen LogP contribution in [0.4, 0.5) is 11.6 Å². The maximum absolute atomic E-state index is 10.2. The number of aromatic nitrogens is 5. The van der Waals surface area contributed by atoms with Gasteiger partial charge in [-0.15, -0.1) is 0 Å². The van der Waals surface area contributed by atoms with Crippen LogP contribution in [0.3, 0.4) is 0 Å². The molecule has 0 saturated carbocycles. The first-order valence-corrected chi connectivity index (χ1v) is 9.04. The van der Waals surface area contributed by atoms with Crippen molar-refractivity contribution in [2.75, 3.05) is 37.0 Å². The van der Waals surface area contributed by atoms with E-state index in [0.29, 0.717) is 19.5 Å². The lowest BCUT2D eigenvalue weighted by Gasteiger charge is -2.26. The zero-order valence-corrected chi connectivity index (χ0v) is 15.5. The topological polar surface area (TPSA) is 94.7 Å². The Morgan fingerprint density at radius 3 is 2.96 bits per heavy atom. The zero-order chi connectivity index (χ0) is 18.8. The van der Waals surface area contributed by atoms with Crippen LogP contribution in [0.1, 0.15) is 12.1 Å². The number of rotatable bonds is 6. The van der Waals surface area contributed by atoms with E-state index in [1.165, 1.54) is 0 Å². The van der Waals surface area contributed by atoms with Gasteiger partial charge in [0.1, 0.15) is 24.3 Å². The van der Waals surface area contributed by atoms with Gasteiger partial charge in [-0.1, -0.05) is 6.07 Å². The van der Waals surface area contributed by atoms with Gasteiger partial charge in [-0.2, -0.15) is 5.10 Å². The number of nitrogens with zero attached hydrogens (tertiary/aromatic N) is 7. The van der Waals surface area contributed by atoms with E-state index in [1.807, 2.05) is 47.8 Å². The summed E-state index contributed by atoms with van der Waals surface area (Å²) in [5.74, 6) is 1.70. The van der Waals surface area contributed by atoms with Crippen molar-refractivity contribution >= 4 is 17.3 Å². The van der Waals surface area contributed by atoms with Crippen molar-refractivity contribution in [1.82, 2.24) is 29.9 Å². The molecule has 1 saturated heterocycles. The van der Waals surface area contributed by atoms with Crippen molar-refractivity contribution in [3.05, 3.63) is 42.6 Å². The average molecular weight is 368 g/mol. The molecule has 2 N–H and O–H groups in total. The van der Waals surface area contributed by atoms with E-state index in [9.17, 15) is 5.11 Å². The van der Waals surface area contributed by atoms with Gasteiger partial charge >= 0.3 is 0 Å². The van der Waals surface area contributed by atoms with E-state index < -0.39 is 0 Å². The summed E-state index contributed by atoms with van der Waals surface area (Å²) in [5, 5.41) is 17.9. The van der Waals surface area contributed by atoms with Gasteiger partial charge in [-0.05, 0) is 18.6 Å². The maximum Gasteiger partial charge on any atom is 0.155 e. The van der Waals surface area contributed by atoms with Crippen LogP contribution < -0.4 is 15.1 Å². The summed E-state index contributed by atoms with van der Waals surface area (Å²) in [6.07, 6.45) is 3.49. The number of fused-ring (bicyclic) bond motifs is 1. The molecule has 9 nitrogen and oxygen atoms in total. The van der Waals surface area contributed by atoms with Crippen molar-refractivity contribution in [3.63, 3.8) is 0 Å². The van der Waals surface area contributed by atoms with Crippen LogP contribution >= 0.6 is 0 Å². The Labute approximate surface area is 157 Å². The van der Waals surface area contributed by atoms with E-state index in [4.69, 9.17) is 0 Å². The lowest BCUT2D eigenvalue weighted by atomic mass is 10.2. The second-order valence-electron chi connectivity index (χ2n) is 7.00. The second-order valence-corrected chi connectivity index (χ2v) is 7.00. The monoisotopic (exact) mass is 368 g/mol. The second kappa shape index (κ2) is 7.45. The molecule has 3 aromatic rings. The van der Waals surface area contributed by atoms with E-state index in [-0.39, 0.29) is 12.1 Å². The van der Waals surface area contributed by atoms with E-state index >= 15 is 0 Å². The highest BCUT2D eigenvalue weighted by molar-refractivity contribution is 5.51. The molecule has 3 aromatic heterocycles. The molecule has 0 aromatic carbocycles. The first kappa shape index (κ1) is 17.6. The molecule has 27 heavy (non-hydrogen) atoms. The number of anilines is 2. The number of hydrogen-bond acceptors (Lipinski definition) is 8. The van der Waals surface area contributed by atoms with Gasteiger partial charge < -0.3 is 20.2 Å². The smallest absolute Gasteiger partial charge is 0.155 e. The molecule has 0 amide bonds. The van der Waals surface area contributed by atoms with Crippen LogP contribution in [0.5, 0.6) is 0 Å². The number of aliphatic hydroxyl groups excluding tert-OH is 1. The maximum atomic E-state index is 10.2. The van der Waals surface area contributed by atoms with Crippen LogP contribution in [0.25, 0.3) is 5.65 Å². The van der Waals surface area contributed by atoms with Crippen LogP contribution in [-0.2, 0) is 6.54 Å². The molecule has 0 unspecified atom stereocenters. The molecule has 4 heterocycles. The number of pyridine rings is 1. The van der Waals surface area contributed by atoms with E-state index in [2.05, 4.69) is 30.3 Å². The minimum atomic E-state index is -0.353. The number of aliphatic hydroxyl groups is 1. The van der Waals surface area contributed by atoms with Gasteiger partial charge in [0.05, 0.1) is 11.8 Å². The SMILES string of the molecule is CN(C)c1cc(N2C[C@H](O)C[C@@H]2CNCc2cccc3ncnn23)ncn1. The molecule has 1 fully saturated rings. The van der Waals surface area contributed by atoms with Crippen LogP contribution in [0, 0.1) is 0 Å². The quantitative estimate of drug-likeness (QED) is 0.642. The molecule has 2 atom stereocenters. The van der Waals surface area contributed by atoms with Gasteiger partial charge in [-0.25, -0.2) is 19.5 Å². The van der Waals surface area contributed by atoms with E-state index in [0.717, 1.165) is 29.5 Å². The van der Waals surface area contributed by atoms with Crippen molar-refractivity contribution in [2.24, 2.45) is 0 Å². The fourth-order valence-corrected chi connectivity index (χ4v) is 3.51. The normalized spacial score (nSPS) is 19.7. The number of hydrogen-bond donors (Lipinski definition) is 2. The van der Waals surface area contributed by atoms with Crippen molar-refractivity contribution in [3.8, 4) is 0 Å². The molecule has 0 radical (unpaired) electrons. The number of β-amino-alcohol motifs (C(OH)–C–C–N with tert-alkyl or cyclic N) is 1. The van der Waals surface area contributed by atoms with Crippen molar-refractivity contribution < 1.29 is 5.11 Å². The van der Waals surface area contributed by atoms with Crippen molar-refractivity contribution in [2.45, 2.75) is 25.1 Å². The third kappa shape index (κ3) is 3.69. The van der Waals surface area contributed by atoms with Gasteiger partial charge in [-0.3, -0.25) is 0 Å². The van der Waals surface area contributed by atoms with Gasteiger partial charge in [0, 0.05) is 45.8 Å². The molecule has 1 aliphatic rings. The third-order valence-corrected chi connectivity index (χ3v) is 4.85. The van der Waals surface area contributed by atoms with Gasteiger partial charge in [0.15, 0.2) is 5.65 Å². The third-order valence-electron chi connectivity index (χ3n) is 4.85. The highest BCUT2D eigenvalue weighted by Crippen LogP contribution is 2.25. The molecule has 9 heteroatoms. The Morgan fingerprint density at radius 1 is 1.22 bits per heavy atom. The van der Waals surface area contributed by atoms with Crippen molar-refractivity contribution in [1.29, 1.82) is 0 Å². The standard InChI is InChI=1S/C18H24N8O/c1-24(2)17-7-18(21-11-20-17)25-10-15(27)6-14(25)9-19-8-13-4-3-5-16-22-12-23-26(13)16/h3-5,7,11-12,14-15,19,27H,6,8-10H2,1-2H3/t14-,15-/m1/s1. The summed E-state index contributed by atoms with van der Waals surface area (Å²) < 4.78 is 1.84. The summed E-state index contributed by atoms with van der Waals surface area (Å²) in [4.78, 5) is 17.0. The zero-order valence-electron chi connectivity index (χ0n) is 15.5. The predicted octanol–water partition coefficient (Wildman–Crippen LogP) is 0.315. The Balaban J connectivity index is 1.44. The Kier molecular flexibility index (Phi) is 4.87. The predicted molar refractivity (Wildman–Crippen MR) is 103 cm³/mol. The molecule has 0 spiro atoms. The van der Waals surface area contributed by atoms with Crippen LogP contribution in [0.2, 0.25) is 0 Å². The molecule has 0 bridgehead atoms. The van der Waals surface area contributed by atoms with Gasteiger partial charge in [0.2, 0.25) is 0 Å². The lowest BCUT2D eigenvalue weighted by molar-refractivity contribution is 0.194. The molecule has 0 aliphatic carbocycles. The summed E-state index contributed by atoms with van der Waals surface area (Å²) in [6, 6.07) is 8.07. The number of nitrogens with one attached hydrogen (secondary N) is 1. The average Bonchev–Trinajstić information content (AvgIpc) is 3.29. The summed E-state index contributed by atoms with van der Waals surface area (Å²) in [6.45, 7) is 1.99. The molecule has 142 valence electrons. The minimum Gasteiger partial charge on any atom is -0.391 e.